The third-order valence-corrected chi connectivity index (χ3v) is 2.99. The first-order valence-electron chi connectivity index (χ1n) is 5.03. The Kier molecular flexibility index (Phi) is 3.69. The molecule has 0 saturated heterocycles. The quantitative estimate of drug-likeness (QED) is 0.564. The predicted molar refractivity (Wildman–Crippen MR) is 67.5 cm³/mol. The summed E-state index contributed by atoms with van der Waals surface area (Å²) in [5, 5.41) is 5.53. The Balaban J connectivity index is 2.04. The maximum atomic E-state index is 11.9. The van der Waals surface area contributed by atoms with Crippen LogP contribution < -0.4 is 16.6 Å². The predicted octanol–water partition coefficient (Wildman–Crippen LogP) is 1.36. The highest BCUT2D eigenvalue weighted by Gasteiger charge is 2.09. The van der Waals surface area contributed by atoms with Gasteiger partial charge >= 0.3 is 0 Å². The molecule has 0 aliphatic carbocycles. The van der Waals surface area contributed by atoms with Crippen LogP contribution in [0.4, 0.5) is 5.69 Å². The Morgan fingerprint density at radius 2 is 2.24 bits per heavy atom. The molecule has 1 aromatic carbocycles. The van der Waals surface area contributed by atoms with Gasteiger partial charge in [-0.2, -0.15) is 0 Å². The minimum Gasteiger partial charge on any atom is -0.345 e. The maximum Gasteiger partial charge on any atom is 0.253 e. The number of rotatable bonds is 4. The first-order valence-corrected chi connectivity index (χ1v) is 5.91. The summed E-state index contributed by atoms with van der Waals surface area (Å²) in [5.41, 5.74) is 3.62. The highest BCUT2D eigenvalue weighted by molar-refractivity contribution is 7.09. The summed E-state index contributed by atoms with van der Waals surface area (Å²) < 4.78 is 0. The molecule has 6 heteroatoms. The van der Waals surface area contributed by atoms with Crippen molar-refractivity contribution in [3.05, 3.63) is 46.4 Å². The maximum absolute atomic E-state index is 11.9. The number of nitrogen functional groups attached to an aromatic ring is 1. The third-order valence-electron chi connectivity index (χ3n) is 2.21. The van der Waals surface area contributed by atoms with Gasteiger partial charge in [-0.1, -0.05) is 12.1 Å². The number of para-hydroxylation sites is 1. The van der Waals surface area contributed by atoms with E-state index in [1.54, 1.807) is 24.4 Å². The summed E-state index contributed by atoms with van der Waals surface area (Å²) in [4.78, 5) is 16.0. The molecule has 1 heterocycles. The van der Waals surface area contributed by atoms with Gasteiger partial charge in [-0.05, 0) is 12.1 Å². The molecule has 0 aliphatic rings. The average Bonchev–Trinajstić information content (AvgIpc) is 2.89. The zero-order chi connectivity index (χ0) is 12.1. The van der Waals surface area contributed by atoms with Gasteiger partial charge in [0.05, 0.1) is 17.8 Å². The fourth-order valence-corrected chi connectivity index (χ4v) is 1.95. The second kappa shape index (κ2) is 5.42. The van der Waals surface area contributed by atoms with Gasteiger partial charge in [0.2, 0.25) is 0 Å². The number of carbonyl (C=O) groups is 1. The smallest absolute Gasteiger partial charge is 0.253 e. The van der Waals surface area contributed by atoms with E-state index in [1.807, 2.05) is 11.4 Å². The molecule has 1 aromatic heterocycles. The van der Waals surface area contributed by atoms with E-state index < -0.39 is 0 Å². The Morgan fingerprint density at radius 3 is 2.94 bits per heavy atom. The summed E-state index contributed by atoms with van der Waals surface area (Å²) in [7, 11) is 0. The molecular formula is C11H12N4OS. The number of nitrogens with one attached hydrogen (secondary N) is 2. The number of hydrogen-bond donors (Lipinski definition) is 3. The van der Waals surface area contributed by atoms with Crippen molar-refractivity contribution in [3.8, 4) is 0 Å². The Labute approximate surface area is 103 Å². The topological polar surface area (TPSA) is 80.0 Å². The molecule has 0 bridgehead atoms. The molecule has 5 nitrogen and oxygen atoms in total. The number of anilines is 1. The van der Waals surface area contributed by atoms with E-state index >= 15 is 0 Å². The van der Waals surface area contributed by atoms with Crippen LogP contribution >= 0.6 is 11.3 Å². The summed E-state index contributed by atoms with van der Waals surface area (Å²) in [6, 6.07) is 7.07. The molecule has 0 atom stereocenters. The van der Waals surface area contributed by atoms with E-state index in [1.165, 1.54) is 11.3 Å². The number of hydrazine groups is 1. The first-order chi connectivity index (χ1) is 8.31. The minimum atomic E-state index is -0.172. The van der Waals surface area contributed by atoms with Crippen molar-refractivity contribution in [1.82, 2.24) is 10.3 Å². The van der Waals surface area contributed by atoms with Gasteiger partial charge in [-0.15, -0.1) is 11.3 Å². The van der Waals surface area contributed by atoms with E-state index in [4.69, 9.17) is 5.84 Å². The lowest BCUT2D eigenvalue weighted by molar-refractivity contribution is 0.0951. The first kappa shape index (κ1) is 11.6. The van der Waals surface area contributed by atoms with E-state index in [9.17, 15) is 4.79 Å². The number of amides is 1. The van der Waals surface area contributed by atoms with Gasteiger partial charge in [0.1, 0.15) is 5.01 Å². The molecule has 88 valence electrons. The molecule has 17 heavy (non-hydrogen) atoms. The van der Waals surface area contributed by atoms with E-state index in [0.717, 1.165) is 5.01 Å². The fourth-order valence-electron chi connectivity index (χ4n) is 1.40. The van der Waals surface area contributed by atoms with Crippen LogP contribution in [0.1, 0.15) is 15.4 Å². The minimum absolute atomic E-state index is 0.172. The van der Waals surface area contributed by atoms with Crippen LogP contribution in [0.5, 0.6) is 0 Å². The Hall–Kier alpha value is -1.92. The van der Waals surface area contributed by atoms with Crippen LogP contribution in [-0.4, -0.2) is 10.9 Å². The van der Waals surface area contributed by atoms with Crippen molar-refractivity contribution in [2.75, 3.05) is 5.43 Å². The average molecular weight is 248 g/mol. The number of thiazole rings is 1. The molecule has 0 unspecified atom stereocenters. The zero-order valence-electron chi connectivity index (χ0n) is 9.01. The van der Waals surface area contributed by atoms with E-state index in [-0.39, 0.29) is 5.91 Å². The second-order valence-corrected chi connectivity index (χ2v) is 4.28. The summed E-state index contributed by atoms with van der Waals surface area (Å²) in [6.45, 7) is 0.426. The number of aromatic nitrogens is 1. The zero-order valence-corrected chi connectivity index (χ0v) is 9.83. The van der Waals surface area contributed by atoms with Crippen molar-refractivity contribution < 1.29 is 4.79 Å². The van der Waals surface area contributed by atoms with Gasteiger partial charge in [0.15, 0.2) is 0 Å². The largest absolute Gasteiger partial charge is 0.345 e. The van der Waals surface area contributed by atoms with Gasteiger partial charge < -0.3 is 10.7 Å². The second-order valence-electron chi connectivity index (χ2n) is 3.30. The normalized spacial score (nSPS) is 9.94. The fraction of sp³-hybridized carbons (Fsp3) is 0.0909. The SMILES string of the molecule is NNc1ccccc1C(=O)NCc1nccs1. The Bertz CT molecular complexity index is 498. The van der Waals surface area contributed by atoms with Crippen LogP contribution in [0.3, 0.4) is 0 Å². The lowest BCUT2D eigenvalue weighted by Crippen LogP contribution is -2.24. The molecule has 2 rings (SSSR count). The number of nitrogens with two attached hydrogens (primary N) is 1. The monoisotopic (exact) mass is 248 g/mol. The van der Waals surface area contributed by atoms with Gasteiger partial charge in [0, 0.05) is 11.6 Å². The van der Waals surface area contributed by atoms with Gasteiger partial charge in [-0.3, -0.25) is 10.6 Å². The molecule has 0 aliphatic heterocycles. The van der Waals surface area contributed by atoms with Crippen molar-refractivity contribution in [1.29, 1.82) is 0 Å². The lowest BCUT2D eigenvalue weighted by Gasteiger charge is -2.08. The lowest BCUT2D eigenvalue weighted by atomic mass is 10.1. The van der Waals surface area contributed by atoms with Crippen molar-refractivity contribution in [2.24, 2.45) is 5.84 Å². The highest BCUT2D eigenvalue weighted by Crippen LogP contribution is 2.13. The molecule has 0 radical (unpaired) electrons. The summed E-state index contributed by atoms with van der Waals surface area (Å²) in [5.74, 6) is 5.17. The van der Waals surface area contributed by atoms with Gasteiger partial charge in [0.25, 0.3) is 5.91 Å². The van der Waals surface area contributed by atoms with Crippen molar-refractivity contribution in [2.45, 2.75) is 6.54 Å². The summed E-state index contributed by atoms with van der Waals surface area (Å²) >= 11 is 1.50. The van der Waals surface area contributed by atoms with Crippen LogP contribution in [0, 0.1) is 0 Å². The summed E-state index contributed by atoms with van der Waals surface area (Å²) in [6.07, 6.45) is 1.71. The molecule has 0 saturated carbocycles. The number of carbonyl (C=O) groups excluding carboxylic acids is 1. The van der Waals surface area contributed by atoms with Crippen LogP contribution in [0.15, 0.2) is 35.8 Å². The molecule has 0 spiro atoms. The van der Waals surface area contributed by atoms with E-state index in [2.05, 4.69) is 15.7 Å². The van der Waals surface area contributed by atoms with Crippen LogP contribution in [0.2, 0.25) is 0 Å². The van der Waals surface area contributed by atoms with Crippen LogP contribution in [0.25, 0.3) is 0 Å². The molecule has 4 N–H and O–H groups in total. The Morgan fingerprint density at radius 1 is 1.41 bits per heavy atom. The number of hydrogen-bond acceptors (Lipinski definition) is 5. The molecule has 1 amide bonds. The van der Waals surface area contributed by atoms with Crippen LogP contribution in [-0.2, 0) is 6.54 Å². The molecule has 2 aromatic rings. The van der Waals surface area contributed by atoms with Crippen molar-refractivity contribution >= 4 is 22.9 Å². The number of benzene rings is 1. The third kappa shape index (κ3) is 2.80. The van der Waals surface area contributed by atoms with Crippen molar-refractivity contribution in [3.63, 3.8) is 0 Å². The highest BCUT2D eigenvalue weighted by atomic mass is 32.1. The standard InChI is InChI=1S/C11H12N4OS/c12-15-9-4-2-1-3-8(9)11(16)14-7-10-13-5-6-17-10/h1-6,15H,7,12H2,(H,14,16). The van der Waals surface area contributed by atoms with E-state index in [0.29, 0.717) is 17.8 Å². The molecule has 0 fully saturated rings. The van der Waals surface area contributed by atoms with Gasteiger partial charge in [-0.25, -0.2) is 4.98 Å². The molecular weight excluding hydrogens is 236 g/mol. The number of nitrogens with zero attached hydrogens (tertiary/aromatic N) is 1.